The van der Waals surface area contributed by atoms with E-state index in [1.165, 1.54) is 42.9 Å². The lowest BCUT2D eigenvalue weighted by atomic mass is 10.1. The number of carbonyl (C=O) groups is 2. The molecular formula is C24H19ClF3N3O4. The van der Waals surface area contributed by atoms with E-state index in [2.05, 4.69) is 9.97 Å². The van der Waals surface area contributed by atoms with E-state index in [0.717, 1.165) is 5.56 Å². The number of amides is 1. The molecule has 0 bridgehead atoms. The molecule has 4 rings (SSSR count). The first-order valence-corrected chi connectivity index (χ1v) is 10.9. The first-order chi connectivity index (χ1) is 16.6. The minimum atomic E-state index is -4.34. The standard InChI is InChI=1S/C24H19ClF3N3O4/c1-14(17-10-20(25)21(30-12-17)34-9-6-24(26,27)28)31-13-16-2-3-18(11-19(16)22(31)32)35-23(33)15-4-7-29-8-5-15/h2-5,7-8,10-12,14H,6,9,13H2,1H3. The molecule has 0 N–H and O–H groups in total. The van der Waals surface area contributed by atoms with E-state index in [9.17, 15) is 22.8 Å². The van der Waals surface area contributed by atoms with Crippen LogP contribution in [0.5, 0.6) is 11.6 Å². The van der Waals surface area contributed by atoms with Gasteiger partial charge in [-0.15, -0.1) is 0 Å². The fraction of sp³-hybridized carbons (Fsp3) is 0.250. The van der Waals surface area contributed by atoms with Gasteiger partial charge >= 0.3 is 12.1 Å². The Balaban J connectivity index is 1.44. The second-order valence-corrected chi connectivity index (χ2v) is 8.23. The molecule has 1 amide bonds. The molecule has 3 aromatic rings. The van der Waals surface area contributed by atoms with Crippen molar-refractivity contribution in [1.82, 2.24) is 14.9 Å². The lowest BCUT2D eigenvalue weighted by Gasteiger charge is -2.24. The largest absolute Gasteiger partial charge is 0.476 e. The molecule has 1 unspecified atom stereocenters. The topological polar surface area (TPSA) is 81.6 Å². The van der Waals surface area contributed by atoms with Crippen molar-refractivity contribution in [2.45, 2.75) is 32.1 Å². The third-order valence-electron chi connectivity index (χ3n) is 5.44. The van der Waals surface area contributed by atoms with Crippen molar-refractivity contribution in [3.63, 3.8) is 0 Å². The van der Waals surface area contributed by atoms with Gasteiger partial charge in [0.15, 0.2) is 0 Å². The number of hydrogen-bond acceptors (Lipinski definition) is 6. The van der Waals surface area contributed by atoms with E-state index in [1.54, 1.807) is 24.0 Å². The average Bonchev–Trinajstić information content (AvgIpc) is 3.15. The summed E-state index contributed by atoms with van der Waals surface area (Å²) in [5.74, 6) is -0.709. The molecule has 0 saturated heterocycles. The van der Waals surface area contributed by atoms with Gasteiger partial charge in [0, 0.05) is 30.7 Å². The van der Waals surface area contributed by atoms with Crippen molar-refractivity contribution in [2.24, 2.45) is 0 Å². The molecule has 7 nitrogen and oxygen atoms in total. The molecular weight excluding hydrogens is 487 g/mol. The predicted octanol–water partition coefficient (Wildman–Crippen LogP) is 5.40. The number of hydrogen-bond donors (Lipinski definition) is 0. The van der Waals surface area contributed by atoms with Gasteiger partial charge < -0.3 is 14.4 Å². The number of aromatic nitrogens is 2. The maximum absolute atomic E-state index is 13.1. The Morgan fingerprint density at radius 3 is 2.63 bits per heavy atom. The van der Waals surface area contributed by atoms with Crippen LogP contribution in [0.3, 0.4) is 0 Å². The number of benzene rings is 1. The van der Waals surface area contributed by atoms with E-state index in [-0.39, 0.29) is 22.6 Å². The summed E-state index contributed by atoms with van der Waals surface area (Å²) < 4.78 is 47.4. The molecule has 1 aliphatic heterocycles. The lowest BCUT2D eigenvalue weighted by molar-refractivity contribution is -0.139. The van der Waals surface area contributed by atoms with E-state index in [4.69, 9.17) is 21.1 Å². The fourth-order valence-corrected chi connectivity index (χ4v) is 3.78. The molecule has 11 heteroatoms. The Bertz CT molecular complexity index is 1250. The van der Waals surface area contributed by atoms with Crippen LogP contribution in [0.1, 0.15) is 51.2 Å². The third-order valence-corrected chi connectivity index (χ3v) is 5.71. The SMILES string of the molecule is CC(c1cnc(OCCC(F)(F)F)c(Cl)c1)N1Cc2ccc(OC(=O)c3ccncc3)cc2C1=O. The molecule has 0 radical (unpaired) electrons. The van der Waals surface area contributed by atoms with Crippen LogP contribution in [0.4, 0.5) is 13.2 Å². The highest BCUT2D eigenvalue weighted by Crippen LogP contribution is 2.35. The van der Waals surface area contributed by atoms with E-state index in [0.29, 0.717) is 23.2 Å². The molecule has 3 heterocycles. The summed E-state index contributed by atoms with van der Waals surface area (Å²) in [4.78, 5) is 34.9. The van der Waals surface area contributed by atoms with Gasteiger partial charge in [-0.05, 0) is 48.4 Å². The highest BCUT2D eigenvalue weighted by Gasteiger charge is 2.32. The van der Waals surface area contributed by atoms with Gasteiger partial charge in [-0.2, -0.15) is 13.2 Å². The highest BCUT2D eigenvalue weighted by atomic mass is 35.5. The second-order valence-electron chi connectivity index (χ2n) is 7.82. The summed E-state index contributed by atoms with van der Waals surface area (Å²) in [6.07, 6.45) is -1.10. The molecule has 182 valence electrons. The predicted molar refractivity (Wildman–Crippen MR) is 119 cm³/mol. The van der Waals surface area contributed by atoms with Crippen LogP contribution < -0.4 is 9.47 Å². The van der Waals surface area contributed by atoms with Crippen LogP contribution in [-0.2, 0) is 6.54 Å². The number of nitrogens with zero attached hydrogens (tertiary/aromatic N) is 3. The van der Waals surface area contributed by atoms with Crippen molar-refractivity contribution in [3.8, 4) is 11.6 Å². The highest BCUT2D eigenvalue weighted by molar-refractivity contribution is 6.31. The number of carbonyl (C=O) groups excluding carboxylic acids is 2. The summed E-state index contributed by atoms with van der Waals surface area (Å²) in [6, 6.07) is 8.98. The summed E-state index contributed by atoms with van der Waals surface area (Å²) in [6.45, 7) is 1.50. The van der Waals surface area contributed by atoms with Gasteiger partial charge in [0.2, 0.25) is 5.88 Å². The zero-order valence-electron chi connectivity index (χ0n) is 18.4. The number of alkyl halides is 3. The Labute approximate surface area is 203 Å². The maximum Gasteiger partial charge on any atom is 0.392 e. The summed E-state index contributed by atoms with van der Waals surface area (Å²) in [5, 5.41) is 0.0472. The van der Waals surface area contributed by atoms with Gasteiger partial charge in [0.05, 0.1) is 24.6 Å². The number of pyridine rings is 2. The first-order valence-electron chi connectivity index (χ1n) is 10.5. The van der Waals surface area contributed by atoms with E-state index < -0.39 is 31.2 Å². The van der Waals surface area contributed by atoms with Crippen LogP contribution >= 0.6 is 11.6 Å². The van der Waals surface area contributed by atoms with Crippen molar-refractivity contribution < 1.29 is 32.2 Å². The van der Waals surface area contributed by atoms with Crippen molar-refractivity contribution in [1.29, 1.82) is 0 Å². The van der Waals surface area contributed by atoms with Crippen molar-refractivity contribution in [3.05, 3.63) is 82.3 Å². The zero-order chi connectivity index (χ0) is 25.2. The minimum absolute atomic E-state index is 0.0472. The van der Waals surface area contributed by atoms with E-state index in [1.807, 2.05) is 0 Å². The molecule has 1 atom stereocenters. The first kappa shape index (κ1) is 24.5. The Morgan fingerprint density at radius 1 is 1.20 bits per heavy atom. The summed E-state index contributed by atoms with van der Waals surface area (Å²) >= 11 is 6.15. The van der Waals surface area contributed by atoms with Gasteiger partial charge in [-0.3, -0.25) is 9.78 Å². The molecule has 0 saturated carbocycles. The van der Waals surface area contributed by atoms with Gasteiger partial charge in [-0.1, -0.05) is 17.7 Å². The molecule has 1 aliphatic rings. The molecule has 0 fully saturated rings. The quantitative estimate of drug-likeness (QED) is 0.316. The number of ether oxygens (including phenoxy) is 2. The Morgan fingerprint density at radius 2 is 1.94 bits per heavy atom. The average molecular weight is 506 g/mol. The maximum atomic E-state index is 13.1. The lowest BCUT2D eigenvalue weighted by Crippen LogP contribution is -2.27. The normalized spacial score (nSPS) is 14.0. The van der Waals surface area contributed by atoms with Gasteiger partial charge in [-0.25, -0.2) is 9.78 Å². The number of fused-ring (bicyclic) bond motifs is 1. The van der Waals surface area contributed by atoms with Crippen LogP contribution in [0.25, 0.3) is 0 Å². The van der Waals surface area contributed by atoms with Crippen LogP contribution in [0.15, 0.2) is 55.0 Å². The summed E-state index contributed by atoms with van der Waals surface area (Å²) in [5.41, 5.74) is 2.08. The van der Waals surface area contributed by atoms with Crippen molar-refractivity contribution in [2.75, 3.05) is 6.61 Å². The zero-order valence-corrected chi connectivity index (χ0v) is 19.1. The molecule has 1 aromatic carbocycles. The molecule has 35 heavy (non-hydrogen) atoms. The van der Waals surface area contributed by atoms with Crippen molar-refractivity contribution >= 4 is 23.5 Å². The molecule has 0 aliphatic carbocycles. The third kappa shape index (κ3) is 5.71. The van der Waals surface area contributed by atoms with Crippen LogP contribution in [0, 0.1) is 0 Å². The monoisotopic (exact) mass is 505 g/mol. The number of halogens is 4. The smallest absolute Gasteiger partial charge is 0.392 e. The van der Waals surface area contributed by atoms with Crippen LogP contribution in [0.2, 0.25) is 5.02 Å². The molecule has 0 spiro atoms. The Kier molecular flexibility index (Phi) is 6.93. The fourth-order valence-electron chi connectivity index (χ4n) is 3.55. The second kappa shape index (κ2) is 9.91. The minimum Gasteiger partial charge on any atom is -0.476 e. The Hall–Kier alpha value is -3.66. The van der Waals surface area contributed by atoms with Crippen LogP contribution in [-0.4, -0.2) is 39.5 Å². The van der Waals surface area contributed by atoms with Gasteiger partial charge in [0.25, 0.3) is 5.91 Å². The summed E-state index contributed by atoms with van der Waals surface area (Å²) in [7, 11) is 0. The van der Waals surface area contributed by atoms with E-state index >= 15 is 0 Å². The van der Waals surface area contributed by atoms with Gasteiger partial charge in [0.1, 0.15) is 10.8 Å². The molecule has 2 aromatic heterocycles. The number of esters is 1. The number of rotatable bonds is 7.